The molecular formula is C14H21NO2. The van der Waals surface area contributed by atoms with Gasteiger partial charge in [-0.1, -0.05) is 30.3 Å². The van der Waals surface area contributed by atoms with Crippen molar-refractivity contribution in [2.75, 3.05) is 26.4 Å². The maximum atomic E-state index is 9.52. The minimum atomic E-state index is -0.118. The van der Waals surface area contributed by atoms with Crippen molar-refractivity contribution >= 4 is 0 Å². The lowest BCUT2D eigenvalue weighted by Gasteiger charge is -2.36. The molecule has 2 rings (SSSR count). The summed E-state index contributed by atoms with van der Waals surface area (Å²) in [4.78, 5) is 0. The molecule has 1 heterocycles. The number of aliphatic hydroxyl groups excluding tert-OH is 1. The molecule has 1 aliphatic heterocycles. The van der Waals surface area contributed by atoms with Gasteiger partial charge in [0.2, 0.25) is 0 Å². The van der Waals surface area contributed by atoms with Gasteiger partial charge >= 0.3 is 0 Å². The number of hydrogen-bond donors (Lipinski definition) is 2. The van der Waals surface area contributed by atoms with Crippen molar-refractivity contribution in [2.24, 2.45) is 0 Å². The highest BCUT2D eigenvalue weighted by molar-refractivity contribution is 5.15. The first-order valence-electron chi connectivity index (χ1n) is 6.32. The van der Waals surface area contributed by atoms with Crippen molar-refractivity contribution in [1.29, 1.82) is 0 Å². The Kier molecular flexibility index (Phi) is 4.54. The number of hydrogen-bond acceptors (Lipinski definition) is 3. The Hall–Kier alpha value is -0.900. The highest BCUT2D eigenvalue weighted by Crippen LogP contribution is 2.19. The summed E-state index contributed by atoms with van der Waals surface area (Å²) in [6, 6.07) is 10.4. The molecule has 0 aromatic heterocycles. The molecule has 0 aliphatic carbocycles. The smallest absolute Gasteiger partial charge is 0.0615 e. The van der Waals surface area contributed by atoms with Gasteiger partial charge < -0.3 is 15.2 Å². The van der Waals surface area contributed by atoms with Crippen LogP contribution in [0, 0.1) is 0 Å². The summed E-state index contributed by atoms with van der Waals surface area (Å²) in [6.45, 7) is 2.60. The largest absolute Gasteiger partial charge is 0.394 e. The molecule has 1 aromatic carbocycles. The van der Waals surface area contributed by atoms with Crippen molar-refractivity contribution in [1.82, 2.24) is 5.32 Å². The summed E-state index contributed by atoms with van der Waals surface area (Å²) in [7, 11) is 0. The van der Waals surface area contributed by atoms with Gasteiger partial charge in [-0.3, -0.25) is 0 Å². The molecule has 0 unspecified atom stereocenters. The van der Waals surface area contributed by atoms with Crippen LogP contribution in [0.2, 0.25) is 0 Å². The number of aliphatic hydroxyl groups is 1. The monoisotopic (exact) mass is 235 g/mol. The summed E-state index contributed by atoms with van der Waals surface area (Å²) in [6.07, 6.45) is 2.81. The van der Waals surface area contributed by atoms with Gasteiger partial charge in [0.05, 0.1) is 6.61 Å². The fourth-order valence-electron chi connectivity index (χ4n) is 2.27. The Bertz CT molecular complexity index is 320. The van der Waals surface area contributed by atoms with E-state index in [0.717, 1.165) is 39.0 Å². The Labute approximate surface area is 103 Å². The van der Waals surface area contributed by atoms with Crippen LogP contribution in [0.15, 0.2) is 30.3 Å². The molecule has 0 amide bonds. The van der Waals surface area contributed by atoms with Crippen LogP contribution in [0.1, 0.15) is 18.4 Å². The fourth-order valence-corrected chi connectivity index (χ4v) is 2.27. The van der Waals surface area contributed by atoms with Crippen LogP contribution in [0.3, 0.4) is 0 Å². The van der Waals surface area contributed by atoms with Crippen molar-refractivity contribution in [3.8, 4) is 0 Å². The van der Waals surface area contributed by atoms with Crippen LogP contribution in [-0.4, -0.2) is 37.0 Å². The van der Waals surface area contributed by atoms with E-state index in [-0.39, 0.29) is 12.1 Å². The van der Waals surface area contributed by atoms with Crippen molar-refractivity contribution in [3.05, 3.63) is 35.9 Å². The maximum Gasteiger partial charge on any atom is 0.0615 e. The molecule has 1 aliphatic rings. The van der Waals surface area contributed by atoms with Crippen molar-refractivity contribution in [3.63, 3.8) is 0 Å². The number of rotatable bonds is 5. The quantitative estimate of drug-likeness (QED) is 0.809. The van der Waals surface area contributed by atoms with Gasteiger partial charge in [-0.2, -0.15) is 0 Å². The highest BCUT2D eigenvalue weighted by atomic mass is 16.5. The molecular weight excluding hydrogens is 214 g/mol. The lowest BCUT2D eigenvalue weighted by Crippen LogP contribution is -2.52. The summed E-state index contributed by atoms with van der Waals surface area (Å²) >= 11 is 0. The highest BCUT2D eigenvalue weighted by Gasteiger charge is 2.30. The molecule has 3 nitrogen and oxygen atoms in total. The third-order valence-corrected chi connectivity index (χ3v) is 3.51. The number of nitrogens with one attached hydrogen (secondary N) is 1. The van der Waals surface area contributed by atoms with Crippen LogP contribution >= 0.6 is 0 Å². The zero-order chi connectivity index (χ0) is 12.0. The normalized spacial score (nSPS) is 19.1. The average Bonchev–Trinajstić information content (AvgIpc) is 2.41. The van der Waals surface area contributed by atoms with E-state index in [9.17, 15) is 5.11 Å². The maximum absolute atomic E-state index is 9.52. The predicted octanol–water partition coefficient (Wildman–Crippen LogP) is 1.36. The Balaban J connectivity index is 1.80. The minimum absolute atomic E-state index is 0.118. The SMILES string of the molecule is OCC1(NCCc2ccccc2)CCOCC1. The molecule has 17 heavy (non-hydrogen) atoms. The van der Waals surface area contributed by atoms with E-state index in [4.69, 9.17) is 4.74 Å². The van der Waals surface area contributed by atoms with E-state index in [1.54, 1.807) is 0 Å². The Morgan fingerprint density at radius 1 is 1.18 bits per heavy atom. The Morgan fingerprint density at radius 3 is 2.53 bits per heavy atom. The van der Waals surface area contributed by atoms with E-state index in [1.165, 1.54) is 5.56 Å². The standard InChI is InChI=1S/C14H21NO2/c16-12-14(7-10-17-11-8-14)15-9-6-13-4-2-1-3-5-13/h1-5,15-16H,6-12H2. The number of benzene rings is 1. The van der Waals surface area contributed by atoms with Gasteiger partial charge in [0.25, 0.3) is 0 Å². The molecule has 1 saturated heterocycles. The molecule has 94 valence electrons. The zero-order valence-electron chi connectivity index (χ0n) is 10.2. The lowest BCUT2D eigenvalue weighted by atomic mass is 9.91. The first kappa shape index (κ1) is 12.6. The lowest BCUT2D eigenvalue weighted by molar-refractivity contribution is 0.0123. The van der Waals surface area contributed by atoms with Gasteiger partial charge in [-0.15, -0.1) is 0 Å². The molecule has 0 radical (unpaired) electrons. The molecule has 0 saturated carbocycles. The summed E-state index contributed by atoms with van der Waals surface area (Å²) in [5.74, 6) is 0. The van der Waals surface area contributed by atoms with Crippen molar-refractivity contribution in [2.45, 2.75) is 24.8 Å². The van der Waals surface area contributed by atoms with Gasteiger partial charge in [-0.25, -0.2) is 0 Å². The second kappa shape index (κ2) is 6.15. The van der Waals surface area contributed by atoms with Crippen molar-refractivity contribution < 1.29 is 9.84 Å². The molecule has 2 N–H and O–H groups in total. The second-order valence-electron chi connectivity index (χ2n) is 4.71. The Morgan fingerprint density at radius 2 is 1.88 bits per heavy atom. The summed E-state index contributed by atoms with van der Waals surface area (Å²) in [5, 5.41) is 13.0. The summed E-state index contributed by atoms with van der Waals surface area (Å²) < 4.78 is 5.34. The third kappa shape index (κ3) is 3.53. The van der Waals surface area contributed by atoms with Gasteiger partial charge in [-0.05, 0) is 31.4 Å². The van der Waals surface area contributed by atoms with Gasteiger partial charge in [0.15, 0.2) is 0 Å². The van der Waals surface area contributed by atoms with Crippen LogP contribution in [0.25, 0.3) is 0 Å². The van der Waals surface area contributed by atoms with Crippen LogP contribution in [0.5, 0.6) is 0 Å². The van der Waals surface area contributed by atoms with E-state index < -0.39 is 0 Å². The first-order valence-corrected chi connectivity index (χ1v) is 6.32. The molecule has 3 heteroatoms. The second-order valence-corrected chi connectivity index (χ2v) is 4.71. The predicted molar refractivity (Wildman–Crippen MR) is 68.0 cm³/mol. The zero-order valence-corrected chi connectivity index (χ0v) is 10.2. The van der Waals surface area contributed by atoms with E-state index in [0.29, 0.717) is 0 Å². The van der Waals surface area contributed by atoms with Crippen LogP contribution < -0.4 is 5.32 Å². The fraction of sp³-hybridized carbons (Fsp3) is 0.571. The van der Waals surface area contributed by atoms with Crippen LogP contribution in [-0.2, 0) is 11.2 Å². The topological polar surface area (TPSA) is 41.5 Å². The van der Waals surface area contributed by atoms with Crippen LogP contribution in [0.4, 0.5) is 0 Å². The van der Waals surface area contributed by atoms with Gasteiger partial charge in [0.1, 0.15) is 0 Å². The average molecular weight is 235 g/mol. The molecule has 0 spiro atoms. The third-order valence-electron chi connectivity index (χ3n) is 3.51. The molecule has 1 fully saturated rings. The molecule has 0 bridgehead atoms. The molecule has 1 aromatic rings. The minimum Gasteiger partial charge on any atom is -0.394 e. The van der Waals surface area contributed by atoms with Gasteiger partial charge in [0, 0.05) is 18.8 Å². The first-order chi connectivity index (χ1) is 8.35. The number of ether oxygens (including phenoxy) is 1. The molecule has 0 atom stereocenters. The summed E-state index contributed by atoms with van der Waals surface area (Å²) in [5.41, 5.74) is 1.22. The van der Waals surface area contributed by atoms with E-state index >= 15 is 0 Å². The van der Waals surface area contributed by atoms with E-state index in [2.05, 4.69) is 29.6 Å². The van der Waals surface area contributed by atoms with E-state index in [1.807, 2.05) is 6.07 Å².